The number of nitrogens with two attached hydrogens (primary N) is 1. The summed E-state index contributed by atoms with van der Waals surface area (Å²) in [5.41, 5.74) is 6.99. The highest BCUT2D eigenvalue weighted by Gasteiger charge is 2.30. The molecule has 2 N–H and O–H groups in total. The maximum atomic E-state index is 11.7. The summed E-state index contributed by atoms with van der Waals surface area (Å²) >= 11 is 0. The Hall–Kier alpha value is -0.870. The molecule has 0 aromatic heterocycles. The molecule has 94 valence electrons. The van der Waals surface area contributed by atoms with Crippen LogP contribution in [0.15, 0.2) is 30.3 Å². The zero-order valence-corrected chi connectivity index (χ0v) is 10.7. The van der Waals surface area contributed by atoms with Gasteiger partial charge < -0.3 is 5.73 Å². The lowest BCUT2D eigenvalue weighted by Gasteiger charge is -2.29. The number of hydrogen-bond donors (Lipinski definition) is 1. The van der Waals surface area contributed by atoms with Crippen molar-refractivity contribution >= 4 is 9.84 Å². The molecule has 2 rings (SSSR count). The van der Waals surface area contributed by atoms with Crippen LogP contribution in [0.25, 0.3) is 0 Å². The van der Waals surface area contributed by atoms with Gasteiger partial charge >= 0.3 is 0 Å². The van der Waals surface area contributed by atoms with Gasteiger partial charge in [0.25, 0.3) is 0 Å². The van der Waals surface area contributed by atoms with Crippen LogP contribution in [0.5, 0.6) is 0 Å². The van der Waals surface area contributed by atoms with E-state index in [1.54, 1.807) is 0 Å². The van der Waals surface area contributed by atoms with Gasteiger partial charge in [0, 0.05) is 0 Å². The van der Waals surface area contributed by atoms with Crippen molar-refractivity contribution in [1.29, 1.82) is 0 Å². The Labute approximate surface area is 103 Å². The predicted octanol–water partition coefficient (Wildman–Crippen LogP) is 1.55. The zero-order valence-electron chi connectivity index (χ0n) is 9.88. The molecule has 1 heterocycles. The van der Waals surface area contributed by atoms with Crippen LogP contribution in [0.1, 0.15) is 24.3 Å². The molecule has 1 aromatic rings. The van der Waals surface area contributed by atoms with Crippen molar-refractivity contribution in [2.24, 2.45) is 11.7 Å². The van der Waals surface area contributed by atoms with Crippen LogP contribution >= 0.6 is 0 Å². The van der Waals surface area contributed by atoms with Crippen LogP contribution < -0.4 is 5.73 Å². The number of hydrogen-bond acceptors (Lipinski definition) is 3. The summed E-state index contributed by atoms with van der Waals surface area (Å²) in [6.07, 6.45) is 1.74. The molecule has 0 bridgehead atoms. The van der Waals surface area contributed by atoms with Crippen LogP contribution in [-0.4, -0.2) is 26.5 Å². The molecule has 0 spiro atoms. The lowest BCUT2D eigenvalue weighted by Crippen LogP contribution is -2.32. The molecule has 1 aliphatic rings. The molecule has 17 heavy (non-hydrogen) atoms. The van der Waals surface area contributed by atoms with Crippen LogP contribution in [0.2, 0.25) is 0 Å². The van der Waals surface area contributed by atoms with Crippen LogP contribution in [-0.2, 0) is 9.84 Å². The fourth-order valence-electron chi connectivity index (χ4n) is 2.68. The van der Waals surface area contributed by atoms with Gasteiger partial charge in [-0.25, -0.2) is 8.42 Å². The fraction of sp³-hybridized carbons (Fsp3) is 0.538. The van der Waals surface area contributed by atoms with Crippen molar-refractivity contribution in [3.8, 4) is 0 Å². The first-order valence-electron chi connectivity index (χ1n) is 6.08. The minimum Gasteiger partial charge on any atom is -0.330 e. The zero-order chi connectivity index (χ0) is 12.3. The van der Waals surface area contributed by atoms with E-state index in [1.165, 1.54) is 0 Å². The van der Waals surface area contributed by atoms with Crippen molar-refractivity contribution in [1.82, 2.24) is 0 Å². The van der Waals surface area contributed by atoms with Crippen LogP contribution in [0, 0.1) is 5.92 Å². The Morgan fingerprint density at radius 3 is 2.59 bits per heavy atom. The van der Waals surface area contributed by atoms with E-state index < -0.39 is 9.84 Å². The van der Waals surface area contributed by atoms with Gasteiger partial charge in [-0.1, -0.05) is 30.3 Å². The van der Waals surface area contributed by atoms with Gasteiger partial charge in [0.05, 0.1) is 11.5 Å². The molecule has 0 saturated carbocycles. The Morgan fingerprint density at radius 1 is 1.29 bits per heavy atom. The van der Waals surface area contributed by atoms with Crippen molar-refractivity contribution in [3.05, 3.63) is 35.9 Å². The number of sulfone groups is 1. The van der Waals surface area contributed by atoms with Gasteiger partial charge in [-0.2, -0.15) is 0 Å². The minimum absolute atomic E-state index is 0.172. The highest BCUT2D eigenvalue weighted by Crippen LogP contribution is 2.31. The molecule has 4 heteroatoms. The lowest BCUT2D eigenvalue weighted by molar-refractivity contribution is 0.413. The van der Waals surface area contributed by atoms with Gasteiger partial charge in [-0.05, 0) is 36.8 Å². The Bertz CT molecular complexity index is 456. The van der Waals surface area contributed by atoms with E-state index in [-0.39, 0.29) is 11.8 Å². The third kappa shape index (κ3) is 3.07. The fourth-order valence-corrected chi connectivity index (χ4v) is 4.50. The standard InChI is InChI=1S/C13H19NO2S/c14-9-13(11-5-2-1-3-6-11)12-7-4-8-17(15,16)10-12/h1-3,5-6,12-13H,4,7-10,14H2. The molecular formula is C13H19NO2S. The van der Waals surface area contributed by atoms with E-state index in [9.17, 15) is 8.42 Å². The maximum absolute atomic E-state index is 11.7. The van der Waals surface area contributed by atoms with Crippen molar-refractivity contribution < 1.29 is 8.42 Å². The lowest BCUT2D eigenvalue weighted by atomic mass is 9.84. The topological polar surface area (TPSA) is 60.2 Å². The smallest absolute Gasteiger partial charge is 0.150 e. The first-order chi connectivity index (χ1) is 8.12. The summed E-state index contributed by atoms with van der Waals surface area (Å²) in [5.74, 6) is 0.992. The molecule has 0 radical (unpaired) electrons. The first-order valence-corrected chi connectivity index (χ1v) is 7.90. The van der Waals surface area contributed by atoms with Crippen molar-refractivity contribution in [3.63, 3.8) is 0 Å². The van der Waals surface area contributed by atoms with E-state index in [1.807, 2.05) is 30.3 Å². The summed E-state index contributed by atoms with van der Waals surface area (Å²) in [5, 5.41) is 0. The predicted molar refractivity (Wildman–Crippen MR) is 69.6 cm³/mol. The molecule has 0 amide bonds. The molecule has 0 aliphatic carbocycles. The van der Waals surface area contributed by atoms with E-state index in [4.69, 9.17) is 5.73 Å². The summed E-state index contributed by atoms with van der Waals surface area (Å²) in [6.45, 7) is 0.518. The maximum Gasteiger partial charge on any atom is 0.150 e. The van der Waals surface area contributed by atoms with E-state index in [0.717, 1.165) is 18.4 Å². The Morgan fingerprint density at radius 2 is 2.00 bits per heavy atom. The average molecular weight is 253 g/mol. The summed E-state index contributed by atoms with van der Waals surface area (Å²) < 4.78 is 23.3. The van der Waals surface area contributed by atoms with Gasteiger partial charge in [0.1, 0.15) is 0 Å². The van der Waals surface area contributed by atoms with E-state index in [0.29, 0.717) is 18.1 Å². The van der Waals surface area contributed by atoms with E-state index in [2.05, 4.69) is 0 Å². The van der Waals surface area contributed by atoms with Crippen LogP contribution in [0.3, 0.4) is 0 Å². The van der Waals surface area contributed by atoms with Gasteiger partial charge in [-0.15, -0.1) is 0 Å². The van der Waals surface area contributed by atoms with Gasteiger partial charge in [0.2, 0.25) is 0 Å². The average Bonchev–Trinajstić information content (AvgIpc) is 2.30. The minimum atomic E-state index is -2.85. The molecule has 1 aromatic carbocycles. The first kappa shape index (κ1) is 12.6. The summed E-state index contributed by atoms with van der Waals surface area (Å²) in [7, 11) is -2.85. The second kappa shape index (κ2) is 5.19. The van der Waals surface area contributed by atoms with Crippen molar-refractivity contribution in [2.45, 2.75) is 18.8 Å². The number of benzene rings is 1. The van der Waals surface area contributed by atoms with Crippen molar-refractivity contribution in [2.75, 3.05) is 18.1 Å². The third-order valence-corrected chi connectivity index (χ3v) is 5.40. The molecule has 3 nitrogen and oxygen atoms in total. The normalized spacial score (nSPS) is 25.4. The quantitative estimate of drug-likeness (QED) is 0.889. The Balaban J connectivity index is 2.19. The second-order valence-electron chi connectivity index (χ2n) is 4.77. The molecule has 2 atom stereocenters. The second-order valence-corrected chi connectivity index (χ2v) is 7.00. The van der Waals surface area contributed by atoms with Gasteiger partial charge in [0.15, 0.2) is 9.84 Å². The molecular weight excluding hydrogens is 234 g/mol. The molecule has 1 fully saturated rings. The molecule has 1 saturated heterocycles. The largest absolute Gasteiger partial charge is 0.330 e. The monoisotopic (exact) mass is 253 g/mol. The summed E-state index contributed by atoms with van der Waals surface area (Å²) in [4.78, 5) is 0. The van der Waals surface area contributed by atoms with Gasteiger partial charge in [-0.3, -0.25) is 0 Å². The third-order valence-electron chi connectivity index (χ3n) is 3.55. The summed E-state index contributed by atoms with van der Waals surface area (Å²) in [6, 6.07) is 10.0. The molecule has 2 unspecified atom stereocenters. The highest BCUT2D eigenvalue weighted by atomic mass is 32.2. The van der Waals surface area contributed by atoms with E-state index >= 15 is 0 Å². The number of rotatable bonds is 3. The van der Waals surface area contributed by atoms with Crippen LogP contribution in [0.4, 0.5) is 0 Å². The molecule has 1 aliphatic heterocycles. The highest BCUT2D eigenvalue weighted by molar-refractivity contribution is 7.91. The SMILES string of the molecule is NCC(c1ccccc1)C1CCCS(=O)(=O)C1. The Kier molecular flexibility index (Phi) is 3.84.